The molecular formula is C9H12N2O4. The normalized spacial score (nSPS) is 21.9. The molecule has 1 heterocycles. The highest BCUT2D eigenvalue weighted by atomic mass is 16.2. The lowest BCUT2D eigenvalue weighted by molar-refractivity contribution is -0.145. The summed E-state index contributed by atoms with van der Waals surface area (Å²) in [5.41, 5.74) is 0. The number of hydrogen-bond acceptors (Lipinski definition) is 4. The first kappa shape index (κ1) is 11.4. The molecule has 6 heteroatoms. The van der Waals surface area contributed by atoms with Gasteiger partial charge >= 0.3 is 6.03 Å². The van der Waals surface area contributed by atoms with Crippen molar-refractivity contribution in [1.82, 2.24) is 9.80 Å². The van der Waals surface area contributed by atoms with E-state index in [9.17, 15) is 19.2 Å². The van der Waals surface area contributed by atoms with Gasteiger partial charge in [0.2, 0.25) is 17.7 Å². The molecule has 0 aliphatic carbocycles. The summed E-state index contributed by atoms with van der Waals surface area (Å²) < 4.78 is 0. The summed E-state index contributed by atoms with van der Waals surface area (Å²) in [7, 11) is 0. The van der Waals surface area contributed by atoms with Crippen LogP contribution in [0.1, 0.15) is 27.2 Å². The largest absolute Gasteiger partial charge is 0.340 e. The van der Waals surface area contributed by atoms with Crippen molar-refractivity contribution in [1.29, 1.82) is 0 Å². The Bertz CT molecular complexity index is 350. The zero-order chi connectivity index (χ0) is 11.7. The van der Waals surface area contributed by atoms with E-state index in [4.69, 9.17) is 0 Å². The van der Waals surface area contributed by atoms with Gasteiger partial charge in [0, 0.05) is 26.3 Å². The van der Waals surface area contributed by atoms with E-state index < -0.39 is 29.8 Å². The first-order valence-corrected chi connectivity index (χ1v) is 4.53. The molecule has 1 atom stereocenters. The zero-order valence-corrected chi connectivity index (χ0v) is 8.81. The molecule has 0 N–H and O–H groups in total. The zero-order valence-electron chi connectivity index (χ0n) is 8.81. The van der Waals surface area contributed by atoms with Gasteiger partial charge in [0.25, 0.3) is 0 Å². The quantitative estimate of drug-likeness (QED) is 0.571. The van der Waals surface area contributed by atoms with Crippen molar-refractivity contribution in [2.75, 3.05) is 0 Å². The minimum Gasteiger partial charge on any atom is -0.275 e. The fourth-order valence-corrected chi connectivity index (χ4v) is 1.59. The summed E-state index contributed by atoms with van der Waals surface area (Å²) in [5.74, 6) is -1.69. The Hall–Kier alpha value is -1.72. The topological polar surface area (TPSA) is 74.8 Å². The van der Waals surface area contributed by atoms with Crippen LogP contribution in [0.3, 0.4) is 0 Å². The first-order chi connectivity index (χ1) is 6.86. The predicted molar refractivity (Wildman–Crippen MR) is 49.5 cm³/mol. The summed E-state index contributed by atoms with van der Waals surface area (Å²) in [6.45, 7) is 3.93. The van der Waals surface area contributed by atoms with Crippen molar-refractivity contribution < 1.29 is 19.2 Å². The third kappa shape index (κ3) is 1.88. The molecule has 0 aromatic heterocycles. The summed E-state index contributed by atoms with van der Waals surface area (Å²) in [4.78, 5) is 46.6. The molecule has 1 saturated heterocycles. The van der Waals surface area contributed by atoms with Gasteiger partial charge in [-0.2, -0.15) is 4.90 Å². The fourth-order valence-electron chi connectivity index (χ4n) is 1.59. The Morgan fingerprint density at radius 1 is 1.20 bits per heavy atom. The SMILES string of the molecule is CC(=O)N1C(=O)CC(C)N(C(C)=O)C1=O. The molecule has 0 aromatic rings. The Morgan fingerprint density at radius 2 is 1.73 bits per heavy atom. The van der Waals surface area contributed by atoms with Gasteiger partial charge < -0.3 is 0 Å². The number of urea groups is 1. The Labute approximate surface area is 86.8 Å². The van der Waals surface area contributed by atoms with Crippen molar-refractivity contribution in [3.05, 3.63) is 0 Å². The molecule has 0 spiro atoms. The summed E-state index contributed by atoms with van der Waals surface area (Å²) in [6, 6.07) is -1.34. The molecule has 0 bridgehead atoms. The Balaban J connectivity index is 3.05. The maximum Gasteiger partial charge on any atom is 0.340 e. The molecule has 1 rings (SSSR count). The molecular weight excluding hydrogens is 200 g/mol. The summed E-state index contributed by atoms with van der Waals surface area (Å²) in [5, 5.41) is 0. The van der Waals surface area contributed by atoms with E-state index in [-0.39, 0.29) is 6.42 Å². The maximum atomic E-state index is 11.6. The fraction of sp³-hybridized carbons (Fsp3) is 0.556. The van der Waals surface area contributed by atoms with Gasteiger partial charge in [0.15, 0.2) is 0 Å². The van der Waals surface area contributed by atoms with Crippen molar-refractivity contribution in [2.45, 2.75) is 33.2 Å². The van der Waals surface area contributed by atoms with Crippen molar-refractivity contribution >= 4 is 23.8 Å². The van der Waals surface area contributed by atoms with E-state index in [1.165, 1.54) is 6.92 Å². The van der Waals surface area contributed by atoms with E-state index >= 15 is 0 Å². The van der Waals surface area contributed by atoms with Crippen molar-refractivity contribution in [3.63, 3.8) is 0 Å². The van der Waals surface area contributed by atoms with Crippen molar-refractivity contribution in [3.8, 4) is 0 Å². The average Bonchev–Trinajstić information content (AvgIpc) is 1.99. The summed E-state index contributed by atoms with van der Waals surface area (Å²) in [6.07, 6.45) is -0.00903. The van der Waals surface area contributed by atoms with Gasteiger partial charge in [0.05, 0.1) is 0 Å². The molecule has 1 aliphatic heterocycles. The van der Waals surface area contributed by atoms with Crippen LogP contribution in [0, 0.1) is 0 Å². The summed E-state index contributed by atoms with van der Waals surface area (Å²) >= 11 is 0. The van der Waals surface area contributed by atoms with Gasteiger partial charge in [0.1, 0.15) is 0 Å². The lowest BCUT2D eigenvalue weighted by atomic mass is 10.1. The first-order valence-electron chi connectivity index (χ1n) is 4.53. The van der Waals surface area contributed by atoms with Crippen LogP contribution in [0.2, 0.25) is 0 Å². The Morgan fingerprint density at radius 3 is 2.13 bits per heavy atom. The third-order valence-electron chi connectivity index (χ3n) is 2.21. The second kappa shape index (κ2) is 3.80. The molecule has 0 radical (unpaired) electrons. The number of carbonyl (C=O) groups is 4. The van der Waals surface area contributed by atoms with Gasteiger partial charge in [-0.1, -0.05) is 0 Å². The smallest absolute Gasteiger partial charge is 0.275 e. The van der Waals surface area contributed by atoms with E-state index in [1.807, 2.05) is 0 Å². The van der Waals surface area contributed by atoms with Crippen LogP contribution in [0.5, 0.6) is 0 Å². The van der Waals surface area contributed by atoms with Crippen LogP contribution >= 0.6 is 0 Å². The molecule has 5 amide bonds. The number of nitrogens with zero attached hydrogens (tertiary/aromatic N) is 2. The number of carbonyl (C=O) groups excluding carboxylic acids is 4. The molecule has 82 valence electrons. The minimum absolute atomic E-state index is 0.00903. The van der Waals surface area contributed by atoms with E-state index in [0.29, 0.717) is 4.90 Å². The number of imide groups is 4. The molecule has 15 heavy (non-hydrogen) atoms. The molecule has 6 nitrogen and oxygen atoms in total. The van der Waals surface area contributed by atoms with Crippen LogP contribution in [0.4, 0.5) is 4.79 Å². The average molecular weight is 212 g/mol. The Kier molecular flexibility index (Phi) is 2.88. The number of hydrogen-bond donors (Lipinski definition) is 0. The lowest BCUT2D eigenvalue weighted by Gasteiger charge is -2.35. The van der Waals surface area contributed by atoms with E-state index in [1.54, 1.807) is 6.92 Å². The van der Waals surface area contributed by atoms with E-state index in [2.05, 4.69) is 0 Å². The number of rotatable bonds is 0. The second-order valence-electron chi connectivity index (χ2n) is 3.47. The molecule has 1 unspecified atom stereocenters. The van der Waals surface area contributed by atoms with Gasteiger partial charge in [-0.25, -0.2) is 4.79 Å². The molecule has 1 aliphatic rings. The predicted octanol–water partition coefficient (Wildman–Crippen LogP) is 0.122. The molecule has 0 saturated carbocycles. The lowest BCUT2D eigenvalue weighted by Crippen LogP contribution is -2.58. The molecule has 0 aromatic carbocycles. The molecule has 1 fully saturated rings. The highest BCUT2D eigenvalue weighted by molar-refractivity contribution is 6.14. The van der Waals surface area contributed by atoms with Gasteiger partial charge in [-0.3, -0.25) is 19.3 Å². The third-order valence-corrected chi connectivity index (χ3v) is 2.21. The van der Waals surface area contributed by atoms with Crippen molar-refractivity contribution in [2.24, 2.45) is 0 Å². The van der Waals surface area contributed by atoms with E-state index in [0.717, 1.165) is 11.8 Å². The van der Waals surface area contributed by atoms with Gasteiger partial charge in [-0.05, 0) is 6.92 Å². The standard InChI is InChI=1S/C9H12N2O4/c1-5-4-8(14)11(7(3)13)9(15)10(5)6(2)12/h5H,4H2,1-3H3. The monoisotopic (exact) mass is 212 g/mol. The highest BCUT2D eigenvalue weighted by Crippen LogP contribution is 2.17. The van der Waals surface area contributed by atoms with Crippen LogP contribution in [-0.2, 0) is 14.4 Å². The number of amides is 5. The minimum atomic E-state index is -0.848. The van der Waals surface area contributed by atoms with Crippen LogP contribution in [0.15, 0.2) is 0 Å². The second-order valence-corrected chi connectivity index (χ2v) is 3.47. The van der Waals surface area contributed by atoms with Crippen LogP contribution in [0.25, 0.3) is 0 Å². The highest BCUT2D eigenvalue weighted by Gasteiger charge is 2.40. The maximum absolute atomic E-state index is 11.6. The van der Waals surface area contributed by atoms with Crippen LogP contribution < -0.4 is 0 Å². The van der Waals surface area contributed by atoms with Gasteiger partial charge in [-0.15, -0.1) is 0 Å². The van der Waals surface area contributed by atoms with Crippen LogP contribution in [-0.4, -0.2) is 39.6 Å².